The van der Waals surface area contributed by atoms with Crippen LogP contribution < -0.4 is 10.1 Å². The molecule has 0 atom stereocenters. The second-order valence-corrected chi connectivity index (χ2v) is 4.11. The van der Waals surface area contributed by atoms with Gasteiger partial charge in [-0.3, -0.25) is 4.79 Å². The second-order valence-electron chi connectivity index (χ2n) is 4.11. The average Bonchev–Trinajstić information content (AvgIpc) is 2.44. The summed E-state index contributed by atoms with van der Waals surface area (Å²) in [7, 11) is 1.59. The molecule has 0 radical (unpaired) electrons. The van der Waals surface area contributed by atoms with Gasteiger partial charge in [0.2, 0.25) is 5.91 Å². The van der Waals surface area contributed by atoms with Crippen molar-refractivity contribution in [1.29, 1.82) is 0 Å². The fraction of sp³-hybridized carbons (Fsp3) is 0.333. The third-order valence-electron chi connectivity index (χ3n) is 2.45. The van der Waals surface area contributed by atoms with Crippen LogP contribution in [0.25, 0.3) is 6.08 Å². The molecule has 0 fully saturated rings. The van der Waals surface area contributed by atoms with E-state index in [0.717, 1.165) is 11.3 Å². The van der Waals surface area contributed by atoms with Crippen molar-refractivity contribution in [2.24, 2.45) is 0 Å². The Kier molecular flexibility index (Phi) is 6.89. The van der Waals surface area contributed by atoms with E-state index in [2.05, 4.69) is 5.32 Å². The molecule has 1 aromatic rings. The highest BCUT2D eigenvalue weighted by Gasteiger charge is 1.98. The zero-order chi connectivity index (χ0) is 14.8. The van der Waals surface area contributed by atoms with Crippen molar-refractivity contribution in [1.82, 2.24) is 5.32 Å². The molecule has 108 valence electrons. The predicted molar refractivity (Wildman–Crippen MR) is 76.3 cm³/mol. The Bertz CT molecular complexity index is 483. The molecule has 5 heteroatoms. The van der Waals surface area contributed by atoms with Gasteiger partial charge in [0.15, 0.2) is 0 Å². The summed E-state index contributed by atoms with van der Waals surface area (Å²) in [5.41, 5.74) is 0.861. The SMILES string of the molecule is COc1cccc(C=CC(=O)OCCCNC(C)=O)c1. The number of rotatable bonds is 7. The van der Waals surface area contributed by atoms with E-state index < -0.39 is 5.97 Å². The zero-order valence-electron chi connectivity index (χ0n) is 11.7. The molecule has 0 saturated heterocycles. The summed E-state index contributed by atoms with van der Waals surface area (Å²) in [6.07, 6.45) is 3.63. The molecule has 1 rings (SSSR count). The maximum atomic E-state index is 11.4. The molecular formula is C15H19NO4. The lowest BCUT2D eigenvalue weighted by Crippen LogP contribution is -2.22. The molecule has 0 spiro atoms. The highest BCUT2D eigenvalue weighted by atomic mass is 16.5. The van der Waals surface area contributed by atoms with Crippen LogP contribution in [0.5, 0.6) is 5.75 Å². The second kappa shape index (κ2) is 8.74. The van der Waals surface area contributed by atoms with Crippen molar-refractivity contribution in [3.63, 3.8) is 0 Å². The maximum Gasteiger partial charge on any atom is 0.330 e. The number of ether oxygens (including phenoxy) is 2. The van der Waals surface area contributed by atoms with Crippen molar-refractivity contribution in [2.45, 2.75) is 13.3 Å². The number of benzene rings is 1. The molecule has 5 nitrogen and oxygen atoms in total. The van der Waals surface area contributed by atoms with Gasteiger partial charge in [-0.2, -0.15) is 0 Å². The zero-order valence-corrected chi connectivity index (χ0v) is 11.7. The van der Waals surface area contributed by atoms with Crippen LogP contribution in [-0.4, -0.2) is 32.1 Å². The summed E-state index contributed by atoms with van der Waals surface area (Å²) in [6.45, 7) is 2.23. The average molecular weight is 277 g/mol. The van der Waals surface area contributed by atoms with Crippen LogP contribution >= 0.6 is 0 Å². The van der Waals surface area contributed by atoms with Gasteiger partial charge in [0.05, 0.1) is 13.7 Å². The summed E-state index contributed by atoms with van der Waals surface area (Å²) in [6, 6.07) is 7.36. The third-order valence-corrected chi connectivity index (χ3v) is 2.45. The van der Waals surface area contributed by atoms with E-state index in [1.165, 1.54) is 13.0 Å². The van der Waals surface area contributed by atoms with Crippen LogP contribution in [0.3, 0.4) is 0 Å². The Morgan fingerprint density at radius 2 is 2.15 bits per heavy atom. The first-order chi connectivity index (χ1) is 9.61. The molecule has 20 heavy (non-hydrogen) atoms. The predicted octanol–water partition coefficient (Wildman–Crippen LogP) is 1.78. The van der Waals surface area contributed by atoms with Crippen molar-refractivity contribution in [3.8, 4) is 5.75 Å². The van der Waals surface area contributed by atoms with Gasteiger partial charge in [0, 0.05) is 19.5 Å². The molecule has 1 amide bonds. The number of hydrogen-bond donors (Lipinski definition) is 1. The van der Waals surface area contributed by atoms with Gasteiger partial charge in [-0.15, -0.1) is 0 Å². The summed E-state index contributed by atoms with van der Waals surface area (Å²) >= 11 is 0. The smallest absolute Gasteiger partial charge is 0.330 e. The summed E-state index contributed by atoms with van der Waals surface area (Å²) < 4.78 is 10.1. The van der Waals surface area contributed by atoms with Crippen molar-refractivity contribution in [2.75, 3.05) is 20.3 Å². The molecule has 0 unspecified atom stereocenters. The number of amides is 1. The van der Waals surface area contributed by atoms with Crippen LogP contribution in [0.1, 0.15) is 18.9 Å². The first-order valence-corrected chi connectivity index (χ1v) is 6.35. The first-order valence-electron chi connectivity index (χ1n) is 6.35. The van der Waals surface area contributed by atoms with Gasteiger partial charge in [-0.25, -0.2) is 4.79 Å². The summed E-state index contributed by atoms with van der Waals surface area (Å²) in [4.78, 5) is 22.1. The van der Waals surface area contributed by atoms with Gasteiger partial charge >= 0.3 is 5.97 Å². The van der Waals surface area contributed by atoms with Gasteiger partial charge in [0.1, 0.15) is 5.75 Å². The molecular weight excluding hydrogens is 258 g/mol. The Hall–Kier alpha value is -2.30. The van der Waals surface area contributed by atoms with Gasteiger partial charge in [-0.05, 0) is 30.2 Å². The number of hydrogen-bond acceptors (Lipinski definition) is 4. The largest absolute Gasteiger partial charge is 0.497 e. The number of carbonyl (C=O) groups excluding carboxylic acids is 2. The van der Waals surface area contributed by atoms with Crippen molar-refractivity contribution in [3.05, 3.63) is 35.9 Å². The maximum absolute atomic E-state index is 11.4. The molecule has 0 aromatic heterocycles. The van der Waals surface area contributed by atoms with E-state index in [-0.39, 0.29) is 12.5 Å². The lowest BCUT2D eigenvalue weighted by Gasteiger charge is -2.03. The molecule has 0 heterocycles. The summed E-state index contributed by atoms with van der Waals surface area (Å²) in [5, 5.41) is 2.63. The van der Waals surface area contributed by atoms with E-state index in [9.17, 15) is 9.59 Å². The topological polar surface area (TPSA) is 64.6 Å². The number of esters is 1. The van der Waals surface area contributed by atoms with Crippen molar-refractivity contribution < 1.29 is 19.1 Å². The Morgan fingerprint density at radius 1 is 1.35 bits per heavy atom. The lowest BCUT2D eigenvalue weighted by atomic mass is 10.2. The third kappa shape index (κ3) is 6.58. The highest BCUT2D eigenvalue weighted by molar-refractivity contribution is 5.87. The fourth-order valence-electron chi connectivity index (χ4n) is 1.47. The molecule has 0 saturated carbocycles. The minimum Gasteiger partial charge on any atom is -0.497 e. The van der Waals surface area contributed by atoms with E-state index in [4.69, 9.17) is 9.47 Å². The van der Waals surface area contributed by atoms with Crippen LogP contribution in [0.4, 0.5) is 0 Å². The number of nitrogens with one attached hydrogen (secondary N) is 1. The van der Waals surface area contributed by atoms with Crippen LogP contribution in [-0.2, 0) is 14.3 Å². The summed E-state index contributed by atoms with van der Waals surface area (Å²) in [5.74, 6) is 0.237. The molecule has 1 aromatic carbocycles. The molecule has 0 aliphatic carbocycles. The van der Waals surface area contributed by atoms with Crippen LogP contribution in [0.15, 0.2) is 30.3 Å². The molecule has 0 aliphatic rings. The van der Waals surface area contributed by atoms with Gasteiger partial charge in [0.25, 0.3) is 0 Å². The van der Waals surface area contributed by atoms with E-state index in [0.29, 0.717) is 13.0 Å². The Labute approximate surface area is 118 Å². The highest BCUT2D eigenvalue weighted by Crippen LogP contribution is 2.13. The first kappa shape index (κ1) is 15.8. The lowest BCUT2D eigenvalue weighted by molar-refractivity contribution is -0.137. The molecule has 0 bridgehead atoms. The monoisotopic (exact) mass is 277 g/mol. The molecule has 0 aliphatic heterocycles. The molecule has 1 N–H and O–H groups in total. The van der Waals surface area contributed by atoms with E-state index in [1.807, 2.05) is 24.3 Å². The van der Waals surface area contributed by atoms with Crippen LogP contribution in [0, 0.1) is 0 Å². The number of methoxy groups -OCH3 is 1. The normalized spacial score (nSPS) is 10.3. The number of carbonyl (C=O) groups is 2. The van der Waals surface area contributed by atoms with E-state index in [1.54, 1.807) is 13.2 Å². The minimum absolute atomic E-state index is 0.0887. The standard InChI is InChI=1S/C15H19NO4/c1-12(17)16-9-4-10-20-15(18)8-7-13-5-3-6-14(11-13)19-2/h3,5-8,11H,4,9-10H2,1-2H3,(H,16,17). The van der Waals surface area contributed by atoms with Crippen molar-refractivity contribution >= 4 is 18.0 Å². The van der Waals surface area contributed by atoms with Gasteiger partial charge in [-0.1, -0.05) is 12.1 Å². The van der Waals surface area contributed by atoms with Crippen LogP contribution in [0.2, 0.25) is 0 Å². The Morgan fingerprint density at radius 3 is 2.85 bits per heavy atom. The minimum atomic E-state index is -0.407. The Balaban J connectivity index is 2.30. The van der Waals surface area contributed by atoms with Gasteiger partial charge < -0.3 is 14.8 Å². The quantitative estimate of drug-likeness (QED) is 0.469. The fourth-order valence-corrected chi connectivity index (χ4v) is 1.47. The van der Waals surface area contributed by atoms with E-state index >= 15 is 0 Å².